The number of hydrogen-bond acceptors (Lipinski definition) is 4. The zero-order valence-corrected chi connectivity index (χ0v) is 13.2. The molecule has 0 bridgehead atoms. The number of hydrogen-bond donors (Lipinski definition) is 0. The molecule has 0 spiro atoms. The van der Waals surface area contributed by atoms with Gasteiger partial charge in [-0.25, -0.2) is 4.39 Å². The van der Waals surface area contributed by atoms with Crippen LogP contribution in [0.25, 0.3) is 11.4 Å². The summed E-state index contributed by atoms with van der Waals surface area (Å²) >= 11 is 0. The Kier molecular flexibility index (Phi) is 4.52. The third-order valence-corrected chi connectivity index (χ3v) is 4.40. The minimum atomic E-state index is -0.217. The first-order valence-electron chi connectivity index (χ1n) is 7.99. The van der Waals surface area contributed by atoms with Gasteiger partial charge in [-0.05, 0) is 63.5 Å². The highest BCUT2D eigenvalue weighted by molar-refractivity contribution is 5.55. The van der Waals surface area contributed by atoms with Crippen LogP contribution in [0, 0.1) is 12.7 Å². The summed E-state index contributed by atoms with van der Waals surface area (Å²) in [4.78, 5) is 6.92. The Morgan fingerprint density at radius 3 is 2.59 bits per heavy atom. The number of benzene rings is 1. The third kappa shape index (κ3) is 3.19. The average molecular weight is 303 g/mol. The second-order valence-electron chi connectivity index (χ2n) is 6.05. The highest BCUT2D eigenvalue weighted by atomic mass is 19.1. The quantitative estimate of drug-likeness (QED) is 0.855. The van der Waals surface area contributed by atoms with E-state index in [0.29, 0.717) is 17.3 Å². The highest BCUT2D eigenvalue weighted by Gasteiger charge is 2.22. The fourth-order valence-corrected chi connectivity index (χ4v) is 2.94. The number of aromatic nitrogens is 2. The van der Waals surface area contributed by atoms with E-state index in [9.17, 15) is 4.39 Å². The fourth-order valence-electron chi connectivity index (χ4n) is 2.94. The van der Waals surface area contributed by atoms with Gasteiger partial charge in [0.05, 0.1) is 6.04 Å². The van der Waals surface area contributed by atoms with Gasteiger partial charge in [0.1, 0.15) is 5.82 Å². The summed E-state index contributed by atoms with van der Waals surface area (Å²) in [6.07, 6.45) is 5.05. The zero-order chi connectivity index (χ0) is 15.5. The molecular weight excluding hydrogens is 281 g/mol. The van der Waals surface area contributed by atoms with Crippen molar-refractivity contribution in [3.63, 3.8) is 0 Å². The normalized spacial score (nSPS) is 18.1. The van der Waals surface area contributed by atoms with Crippen LogP contribution < -0.4 is 0 Å². The van der Waals surface area contributed by atoms with Crippen molar-refractivity contribution in [3.05, 3.63) is 35.5 Å². The first kappa shape index (κ1) is 15.2. The van der Waals surface area contributed by atoms with Crippen molar-refractivity contribution in [1.82, 2.24) is 15.0 Å². The van der Waals surface area contributed by atoms with Crippen molar-refractivity contribution in [2.75, 3.05) is 13.1 Å². The molecule has 3 rings (SSSR count). The number of aryl methyl sites for hydroxylation is 1. The van der Waals surface area contributed by atoms with Crippen molar-refractivity contribution in [1.29, 1.82) is 0 Å². The first-order chi connectivity index (χ1) is 10.6. The lowest BCUT2D eigenvalue weighted by Gasteiger charge is -2.24. The molecule has 0 saturated carbocycles. The molecular formula is C17H22FN3O. The standard InChI is InChI=1S/C17H22FN3O/c1-12-11-14(7-8-15(12)18)16-19-17(22-20-16)13(2)21-9-5-3-4-6-10-21/h7-8,11,13H,3-6,9-10H2,1-2H3. The van der Waals surface area contributed by atoms with E-state index >= 15 is 0 Å². The zero-order valence-electron chi connectivity index (χ0n) is 13.2. The molecule has 1 aromatic heterocycles. The van der Waals surface area contributed by atoms with Gasteiger partial charge in [0.15, 0.2) is 0 Å². The average Bonchev–Trinajstić information content (AvgIpc) is 2.85. The molecule has 4 nitrogen and oxygen atoms in total. The Morgan fingerprint density at radius 2 is 1.91 bits per heavy atom. The molecule has 1 aliphatic heterocycles. The van der Waals surface area contributed by atoms with Gasteiger partial charge in [-0.1, -0.05) is 18.0 Å². The maximum absolute atomic E-state index is 13.4. The molecule has 0 N–H and O–H groups in total. The molecule has 22 heavy (non-hydrogen) atoms. The minimum Gasteiger partial charge on any atom is -0.337 e. The molecule has 1 unspecified atom stereocenters. The van der Waals surface area contributed by atoms with Gasteiger partial charge >= 0.3 is 0 Å². The molecule has 0 aliphatic carbocycles. The van der Waals surface area contributed by atoms with Gasteiger partial charge in [0, 0.05) is 5.56 Å². The first-order valence-corrected chi connectivity index (χ1v) is 7.99. The van der Waals surface area contributed by atoms with Crippen molar-refractivity contribution in [2.45, 2.75) is 45.6 Å². The van der Waals surface area contributed by atoms with E-state index in [0.717, 1.165) is 18.7 Å². The molecule has 1 fully saturated rings. The van der Waals surface area contributed by atoms with E-state index in [1.807, 2.05) is 0 Å². The van der Waals surface area contributed by atoms with Gasteiger partial charge in [0.2, 0.25) is 11.7 Å². The van der Waals surface area contributed by atoms with Crippen LogP contribution in [-0.4, -0.2) is 28.1 Å². The number of likely N-dealkylation sites (tertiary alicyclic amines) is 1. The second-order valence-corrected chi connectivity index (χ2v) is 6.05. The van der Waals surface area contributed by atoms with Gasteiger partial charge < -0.3 is 4.52 Å². The van der Waals surface area contributed by atoms with Crippen LogP contribution in [0.5, 0.6) is 0 Å². The summed E-state index contributed by atoms with van der Waals surface area (Å²) in [5.41, 5.74) is 1.38. The number of rotatable bonds is 3. The molecule has 0 amide bonds. The van der Waals surface area contributed by atoms with Crippen LogP contribution in [0.1, 0.15) is 50.1 Å². The van der Waals surface area contributed by atoms with Gasteiger partial charge in [0.25, 0.3) is 0 Å². The molecule has 0 radical (unpaired) electrons. The Bertz CT molecular complexity index is 633. The van der Waals surface area contributed by atoms with Gasteiger partial charge in [-0.15, -0.1) is 0 Å². The Balaban J connectivity index is 1.78. The van der Waals surface area contributed by atoms with Crippen molar-refractivity contribution in [3.8, 4) is 11.4 Å². The molecule has 1 saturated heterocycles. The van der Waals surface area contributed by atoms with Gasteiger partial charge in [-0.2, -0.15) is 4.98 Å². The summed E-state index contributed by atoms with van der Waals surface area (Å²) in [7, 11) is 0. The Hall–Kier alpha value is -1.75. The lowest BCUT2D eigenvalue weighted by atomic mass is 10.1. The fraction of sp³-hybridized carbons (Fsp3) is 0.529. The van der Waals surface area contributed by atoms with Gasteiger partial charge in [-0.3, -0.25) is 4.90 Å². The highest BCUT2D eigenvalue weighted by Crippen LogP contribution is 2.25. The molecule has 118 valence electrons. The molecule has 2 aromatic rings. The number of halogens is 1. The lowest BCUT2D eigenvalue weighted by molar-refractivity contribution is 0.179. The summed E-state index contributed by atoms with van der Waals surface area (Å²) in [6, 6.07) is 5.01. The monoisotopic (exact) mass is 303 g/mol. The molecule has 2 heterocycles. The van der Waals surface area contributed by atoms with E-state index in [4.69, 9.17) is 4.52 Å². The third-order valence-electron chi connectivity index (χ3n) is 4.40. The smallest absolute Gasteiger partial charge is 0.244 e. The molecule has 1 atom stereocenters. The summed E-state index contributed by atoms with van der Waals surface area (Å²) in [5, 5.41) is 4.06. The predicted octanol–water partition coefficient (Wildman–Crippen LogP) is 4.12. The minimum absolute atomic E-state index is 0.126. The molecule has 5 heteroatoms. The van der Waals surface area contributed by atoms with Crippen LogP contribution in [0.15, 0.2) is 22.7 Å². The van der Waals surface area contributed by atoms with E-state index in [1.54, 1.807) is 19.1 Å². The molecule has 1 aromatic carbocycles. The second kappa shape index (κ2) is 6.57. The van der Waals surface area contributed by atoms with Crippen molar-refractivity contribution >= 4 is 0 Å². The Morgan fingerprint density at radius 1 is 1.18 bits per heavy atom. The largest absolute Gasteiger partial charge is 0.337 e. The lowest BCUT2D eigenvalue weighted by Crippen LogP contribution is -2.28. The van der Waals surface area contributed by atoms with Crippen LogP contribution in [0.3, 0.4) is 0 Å². The van der Waals surface area contributed by atoms with Crippen molar-refractivity contribution < 1.29 is 8.91 Å². The number of nitrogens with zero attached hydrogens (tertiary/aromatic N) is 3. The molecule has 1 aliphatic rings. The van der Waals surface area contributed by atoms with Crippen LogP contribution in [-0.2, 0) is 0 Å². The van der Waals surface area contributed by atoms with Crippen LogP contribution in [0.4, 0.5) is 4.39 Å². The summed E-state index contributed by atoms with van der Waals surface area (Å²) < 4.78 is 18.8. The van der Waals surface area contributed by atoms with E-state index in [-0.39, 0.29) is 11.9 Å². The van der Waals surface area contributed by atoms with Crippen LogP contribution in [0.2, 0.25) is 0 Å². The maximum Gasteiger partial charge on any atom is 0.244 e. The summed E-state index contributed by atoms with van der Waals surface area (Å²) in [6.45, 7) is 6.00. The SMILES string of the molecule is Cc1cc(-c2noc(C(C)N3CCCCCC3)n2)ccc1F. The predicted molar refractivity (Wildman–Crippen MR) is 82.9 cm³/mol. The topological polar surface area (TPSA) is 42.2 Å². The van der Waals surface area contributed by atoms with Crippen LogP contribution >= 0.6 is 0 Å². The van der Waals surface area contributed by atoms with E-state index in [1.165, 1.54) is 31.7 Å². The Labute approximate surface area is 130 Å². The van der Waals surface area contributed by atoms with E-state index in [2.05, 4.69) is 22.0 Å². The van der Waals surface area contributed by atoms with E-state index < -0.39 is 0 Å². The maximum atomic E-state index is 13.4. The summed E-state index contributed by atoms with van der Waals surface area (Å²) in [5.74, 6) is 0.948. The van der Waals surface area contributed by atoms with Crippen molar-refractivity contribution in [2.24, 2.45) is 0 Å².